The molecule has 20 heavy (non-hydrogen) atoms. The van der Waals surface area contributed by atoms with Gasteiger partial charge < -0.3 is 5.73 Å². The maximum absolute atomic E-state index is 12.3. The van der Waals surface area contributed by atoms with Crippen LogP contribution in [-0.2, 0) is 16.6 Å². The van der Waals surface area contributed by atoms with Crippen molar-refractivity contribution in [2.75, 3.05) is 5.73 Å². The normalized spacial score (nSPS) is 13.3. The van der Waals surface area contributed by atoms with Gasteiger partial charge in [-0.25, -0.2) is 13.1 Å². The molecule has 0 aliphatic carbocycles. The van der Waals surface area contributed by atoms with Crippen LogP contribution in [0.1, 0.15) is 6.92 Å². The van der Waals surface area contributed by atoms with Gasteiger partial charge in [0.15, 0.2) is 0 Å². The first kappa shape index (κ1) is 15.0. The van der Waals surface area contributed by atoms with Gasteiger partial charge in [-0.1, -0.05) is 0 Å². The van der Waals surface area contributed by atoms with Crippen molar-refractivity contribution < 1.29 is 8.42 Å². The van der Waals surface area contributed by atoms with E-state index in [9.17, 15) is 8.42 Å². The lowest BCUT2D eigenvalue weighted by Gasteiger charge is -2.15. The molecular formula is C12H15BrN4O2S. The zero-order chi connectivity index (χ0) is 14.8. The minimum atomic E-state index is -3.60. The summed E-state index contributed by atoms with van der Waals surface area (Å²) >= 11 is 3.22. The zero-order valence-corrected chi connectivity index (χ0v) is 13.2. The molecule has 0 aliphatic heterocycles. The fourth-order valence-electron chi connectivity index (χ4n) is 1.79. The van der Waals surface area contributed by atoms with E-state index in [0.29, 0.717) is 16.7 Å². The number of benzene rings is 1. The van der Waals surface area contributed by atoms with E-state index < -0.39 is 10.0 Å². The highest BCUT2D eigenvalue weighted by molar-refractivity contribution is 9.10. The van der Waals surface area contributed by atoms with Gasteiger partial charge in [0.1, 0.15) is 0 Å². The third-order valence-electron chi connectivity index (χ3n) is 2.62. The van der Waals surface area contributed by atoms with E-state index in [1.54, 1.807) is 42.2 Å². The van der Waals surface area contributed by atoms with Crippen molar-refractivity contribution in [1.82, 2.24) is 14.5 Å². The third kappa shape index (κ3) is 3.59. The quantitative estimate of drug-likeness (QED) is 0.794. The lowest BCUT2D eigenvalue weighted by molar-refractivity contribution is 0.494. The number of nitrogens with one attached hydrogen (secondary N) is 1. The van der Waals surface area contributed by atoms with Gasteiger partial charge in [-0.15, -0.1) is 0 Å². The number of sulfonamides is 1. The van der Waals surface area contributed by atoms with Crippen LogP contribution < -0.4 is 10.5 Å². The van der Waals surface area contributed by atoms with Crippen LogP contribution in [0.3, 0.4) is 0 Å². The number of rotatable bonds is 5. The maximum atomic E-state index is 12.3. The second-order valence-electron chi connectivity index (χ2n) is 4.44. The second-order valence-corrected chi connectivity index (χ2v) is 6.98. The number of nitrogens with zero attached hydrogens (tertiary/aromatic N) is 2. The third-order valence-corrected chi connectivity index (χ3v) is 5.19. The fraction of sp³-hybridized carbons (Fsp3) is 0.250. The lowest BCUT2D eigenvalue weighted by atomic mass is 10.3. The molecule has 0 fully saturated rings. The van der Waals surface area contributed by atoms with Crippen LogP contribution in [-0.4, -0.2) is 24.2 Å². The standard InChI is InChI=1S/C12H15BrN4O2S/c1-9(8-17-6-2-5-15-17)16-20(18,19)12-4-3-10(14)7-11(12)13/h2-7,9,16H,8,14H2,1H3. The largest absolute Gasteiger partial charge is 0.399 e. The summed E-state index contributed by atoms with van der Waals surface area (Å²) in [5.41, 5.74) is 6.11. The molecule has 8 heteroatoms. The Morgan fingerprint density at radius 3 is 2.85 bits per heavy atom. The van der Waals surface area contributed by atoms with Crippen molar-refractivity contribution in [2.45, 2.75) is 24.4 Å². The summed E-state index contributed by atoms with van der Waals surface area (Å²) in [4.78, 5) is 0.166. The molecule has 0 radical (unpaired) electrons. The predicted octanol–water partition coefficient (Wildman–Crippen LogP) is 1.59. The molecule has 3 N–H and O–H groups in total. The second kappa shape index (κ2) is 5.94. The van der Waals surface area contributed by atoms with Gasteiger partial charge in [0.2, 0.25) is 10.0 Å². The maximum Gasteiger partial charge on any atom is 0.241 e. The van der Waals surface area contributed by atoms with Crippen LogP contribution in [0.2, 0.25) is 0 Å². The van der Waals surface area contributed by atoms with Crippen LogP contribution >= 0.6 is 15.9 Å². The summed E-state index contributed by atoms with van der Waals surface area (Å²) in [5.74, 6) is 0. The van der Waals surface area contributed by atoms with Gasteiger partial charge in [-0.3, -0.25) is 4.68 Å². The van der Waals surface area contributed by atoms with Gasteiger partial charge >= 0.3 is 0 Å². The Morgan fingerprint density at radius 1 is 1.50 bits per heavy atom. The zero-order valence-electron chi connectivity index (χ0n) is 10.8. The Kier molecular flexibility index (Phi) is 4.46. The highest BCUT2D eigenvalue weighted by atomic mass is 79.9. The summed E-state index contributed by atoms with van der Waals surface area (Å²) in [5, 5.41) is 4.04. The summed E-state index contributed by atoms with van der Waals surface area (Å²) in [7, 11) is -3.60. The first-order chi connectivity index (χ1) is 9.38. The van der Waals surface area contributed by atoms with E-state index in [4.69, 9.17) is 5.73 Å². The SMILES string of the molecule is CC(Cn1cccn1)NS(=O)(=O)c1ccc(N)cc1Br. The summed E-state index contributed by atoms with van der Waals surface area (Å²) in [6, 6.07) is 6.09. The minimum absolute atomic E-state index is 0.166. The number of anilines is 1. The topological polar surface area (TPSA) is 90.0 Å². The number of halogens is 1. The molecule has 108 valence electrons. The number of aromatic nitrogens is 2. The van der Waals surface area contributed by atoms with Crippen LogP contribution in [0, 0.1) is 0 Å². The predicted molar refractivity (Wildman–Crippen MR) is 80.6 cm³/mol. The van der Waals surface area contributed by atoms with Gasteiger partial charge in [-0.05, 0) is 47.1 Å². The molecule has 0 bridgehead atoms. The molecule has 1 atom stereocenters. The van der Waals surface area contributed by atoms with E-state index in [1.165, 1.54) is 6.07 Å². The fourth-order valence-corrected chi connectivity index (χ4v) is 4.12. The molecule has 1 unspecified atom stereocenters. The lowest BCUT2D eigenvalue weighted by Crippen LogP contribution is -2.35. The molecule has 0 aliphatic rings. The van der Waals surface area contributed by atoms with E-state index in [-0.39, 0.29) is 10.9 Å². The number of hydrogen-bond donors (Lipinski definition) is 2. The Balaban J connectivity index is 2.14. The monoisotopic (exact) mass is 358 g/mol. The molecule has 2 rings (SSSR count). The van der Waals surface area contributed by atoms with Crippen molar-refractivity contribution in [1.29, 1.82) is 0 Å². The molecule has 1 aromatic heterocycles. The van der Waals surface area contributed by atoms with Crippen LogP contribution in [0.25, 0.3) is 0 Å². The van der Waals surface area contributed by atoms with Gasteiger partial charge in [0.05, 0.1) is 11.4 Å². The van der Waals surface area contributed by atoms with Crippen molar-refractivity contribution in [2.24, 2.45) is 0 Å². The summed E-state index contributed by atoms with van der Waals surface area (Å²) < 4.78 is 29.3. The van der Waals surface area contributed by atoms with Crippen molar-refractivity contribution in [3.8, 4) is 0 Å². The van der Waals surface area contributed by atoms with E-state index in [2.05, 4.69) is 25.8 Å². The van der Waals surface area contributed by atoms with Crippen molar-refractivity contribution in [3.05, 3.63) is 41.1 Å². The molecule has 1 aromatic carbocycles. The molecule has 0 saturated heterocycles. The highest BCUT2D eigenvalue weighted by Crippen LogP contribution is 2.24. The average molecular weight is 359 g/mol. The smallest absolute Gasteiger partial charge is 0.241 e. The molecule has 6 nitrogen and oxygen atoms in total. The Hall–Kier alpha value is -1.38. The number of hydrogen-bond acceptors (Lipinski definition) is 4. The molecule has 0 spiro atoms. The first-order valence-corrected chi connectivity index (χ1v) is 8.21. The molecule has 0 amide bonds. The Labute approximate surface area is 126 Å². The van der Waals surface area contributed by atoms with Crippen LogP contribution in [0.4, 0.5) is 5.69 Å². The number of nitrogen functional groups attached to an aromatic ring is 1. The van der Waals surface area contributed by atoms with Crippen LogP contribution in [0.5, 0.6) is 0 Å². The highest BCUT2D eigenvalue weighted by Gasteiger charge is 2.20. The Morgan fingerprint density at radius 2 is 2.25 bits per heavy atom. The van der Waals surface area contributed by atoms with Crippen LogP contribution in [0.15, 0.2) is 46.0 Å². The van der Waals surface area contributed by atoms with Crippen molar-refractivity contribution in [3.63, 3.8) is 0 Å². The van der Waals surface area contributed by atoms with E-state index >= 15 is 0 Å². The molecule has 0 saturated carbocycles. The molecule has 1 heterocycles. The minimum Gasteiger partial charge on any atom is -0.399 e. The van der Waals surface area contributed by atoms with E-state index in [1.807, 2.05) is 0 Å². The van der Waals surface area contributed by atoms with Crippen molar-refractivity contribution >= 4 is 31.6 Å². The first-order valence-electron chi connectivity index (χ1n) is 5.93. The van der Waals surface area contributed by atoms with E-state index in [0.717, 1.165) is 0 Å². The average Bonchev–Trinajstić information content (AvgIpc) is 2.79. The Bertz CT molecular complexity index is 685. The molecular weight excluding hydrogens is 344 g/mol. The number of nitrogens with two attached hydrogens (primary N) is 1. The van der Waals surface area contributed by atoms with Gasteiger partial charge in [0, 0.05) is 28.6 Å². The summed E-state index contributed by atoms with van der Waals surface area (Å²) in [6.07, 6.45) is 3.43. The summed E-state index contributed by atoms with van der Waals surface area (Å²) in [6.45, 7) is 2.24. The molecule has 2 aromatic rings. The van der Waals surface area contributed by atoms with Gasteiger partial charge in [0.25, 0.3) is 0 Å². The van der Waals surface area contributed by atoms with Gasteiger partial charge in [-0.2, -0.15) is 5.10 Å².